The summed E-state index contributed by atoms with van der Waals surface area (Å²) in [5.41, 5.74) is 7.17. The minimum absolute atomic E-state index is 0.145. The zero-order chi connectivity index (χ0) is 13.8. The van der Waals surface area contributed by atoms with E-state index in [0.717, 1.165) is 5.56 Å². The summed E-state index contributed by atoms with van der Waals surface area (Å²) in [4.78, 5) is 11.8. The molecule has 0 aliphatic heterocycles. The van der Waals surface area contributed by atoms with Crippen molar-refractivity contribution in [2.24, 2.45) is 0 Å². The molecule has 0 radical (unpaired) electrons. The molecule has 2 aromatic carbocycles. The van der Waals surface area contributed by atoms with E-state index in [2.05, 4.69) is 0 Å². The highest BCUT2D eigenvalue weighted by atomic mass is 35.5. The topological polar surface area (TPSA) is 52.3 Å². The summed E-state index contributed by atoms with van der Waals surface area (Å²) in [7, 11) is 0. The molecule has 0 spiro atoms. The lowest BCUT2D eigenvalue weighted by Gasteiger charge is -2.06. The van der Waals surface area contributed by atoms with Crippen molar-refractivity contribution in [1.82, 2.24) is 0 Å². The first-order valence-corrected chi connectivity index (χ1v) is 6.28. The van der Waals surface area contributed by atoms with E-state index in [1.54, 1.807) is 24.3 Å². The van der Waals surface area contributed by atoms with Crippen molar-refractivity contribution < 1.29 is 9.53 Å². The Hall–Kier alpha value is -1.71. The molecular formula is C14H11Cl2NO2. The number of esters is 1. The molecule has 0 amide bonds. The zero-order valence-corrected chi connectivity index (χ0v) is 11.4. The van der Waals surface area contributed by atoms with E-state index in [1.807, 2.05) is 6.07 Å². The van der Waals surface area contributed by atoms with E-state index in [1.165, 1.54) is 12.1 Å². The first-order chi connectivity index (χ1) is 9.04. The fraction of sp³-hybridized carbons (Fsp3) is 0.0714. The standard InChI is InChI=1S/C14H11Cl2NO2/c15-11-3-1-2-9(4-11)8-19-14(18)10-5-12(16)7-13(17)6-10/h1-7H,8,17H2. The van der Waals surface area contributed by atoms with Crippen molar-refractivity contribution in [2.45, 2.75) is 6.61 Å². The van der Waals surface area contributed by atoms with Gasteiger partial charge in [0, 0.05) is 15.7 Å². The Bertz CT molecular complexity index is 594. The van der Waals surface area contributed by atoms with Gasteiger partial charge in [-0.2, -0.15) is 0 Å². The summed E-state index contributed by atoms with van der Waals surface area (Å²) >= 11 is 11.7. The van der Waals surface area contributed by atoms with Crippen LogP contribution in [-0.4, -0.2) is 5.97 Å². The van der Waals surface area contributed by atoms with E-state index >= 15 is 0 Å². The van der Waals surface area contributed by atoms with Crippen LogP contribution >= 0.6 is 23.2 Å². The van der Waals surface area contributed by atoms with Crippen LogP contribution in [0.15, 0.2) is 42.5 Å². The van der Waals surface area contributed by atoms with Gasteiger partial charge >= 0.3 is 5.97 Å². The molecule has 19 heavy (non-hydrogen) atoms. The lowest BCUT2D eigenvalue weighted by Crippen LogP contribution is -2.06. The number of benzene rings is 2. The Morgan fingerprint density at radius 1 is 1.11 bits per heavy atom. The number of hydrogen-bond acceptors (Lipinski definition) is 3. The molecule has 0 aliphatic rings. The maximum absolute atomic E-state index is 11.8. The van der Waals surface area contributed by atoms with Gasteiger partial charge in [0.05, 0.1) is 5.56 Å². The van der Waals surface area contributed by atoms with E-state index in [4.69, 9.17) is 33.7 Å². The molecule has 0 aromatic heterocycles. The molecule has 0 unspecified atom stereocenters. The van der Waals surface area contributed by atoms with Crippen molar-refractivity contribution in [2.75, 3.05) is 5.73 Å². The fourth-order valence-electron chi connectivity index (χ4n) is 1.59. The van der Waals surface area contributed by atoms with Gasteiger partial charge in [-0.1, -0.05) is 35.3 Å². The van der Waals surface area contributed by atoms with Crippen molar-refractivity contribution in [3.05, 3.63) is 63.6 Å². The minimum atomic E-state index is -0.478. The number of nitrogen functional groups attached to an aromatic ring is 1. The van der Waals surface area contributed by atoms with Crippen LogP contribution < -0.4 is 5.73 Å². The summed E-state index contributed by atoms with van der Waals surface area (Å²) in [5.74, 6) is -0.478. The zero-order valence-electron chi connectivity index (χ0n) is 9.90. The normalized spacial score (nSPS) is 10.2. The summed E-state index contributed by atoms with van der Waals surface area (Å²) in [6.45, 7) is 0.145. The third kappa shape index (κ3) is 3.88. The third-order valence-corrected chi connectivity index (χ3v) is 2.87. The quantitative estimate of drug-likeness (QED) is 0.689. The van der Waals surface area contributed by atoms with E-state index in [0.29, 0.717) is 21.3 Å². The average molecular weight is 296 g/mol. The summed E-state index contributed by atoms with van der Waals surface area (Å²) in [6.07, 6.45) is 0. The molecule has 0 fully saturated rings. The SMILES string of the molecule is Nc1cc(Cl)cc(C(=O)OCc2cccc(Cl)c2)c1. The highest BCUT2D eigenvalue weighted by molar-refractivity contribution is 6.31. The van der Waals surface area contributed by atoms with Crippen LogP contribution in [0, 0.1) is 0 Å². The van der Waals surface area contributed by atoms with Gasteiger partial charge in [-0.3, -0.25) is 0 Å². The van der Waals surface area contributed by atoms with Gasteiger partial charge in [-0.05, 0) is 35.9 Å². The van der Waals surface area contributed by atoms with Gasteiger partial charge in [-0.15, -0.1) is 0 Å². The first-order valence-electron chi connectivity index (χ1n) is 5.52. The maximum atomic E-state index is 11.8. The summed E-state index contributed by atoms with van der Waals surface area (Å²) < 4.78 is 5.17. The summed E-state index contributed by atoms with van der Waals surface area (Å²) in [5, 5.41) is 0.996. The van der Waals surface area contributed by atoms with Gasteiger partial charge < -0.3 is 10.5 Å². The number of carbonyl (C=O) groups is 1. The monoisotopic (exact) mass is 295 g/mol. The van der Waals surface area contributed by atoms with Gasteiger partial charge in [0.25, 0.3) is 0 Å². The largest absolute Gasteiger partial charge is 0.457 e. The predicted octanol–water partition coefficient (Wildman–Crippen LogP) is 3.93. The second kappa shape index (κ2) is 5.95. The lowest BCUT2D eigenvalue weighted by atomic mass is 10.2. The first kappa shape index (κ1) is 13.7. The maximum Gasteiger partial charge on any atom is 0.338 e. The Balaban J connectivity index is 2.05. The Morgan fingerprint density at radius 2 is 1.89 bits per heavy atom. The number of nitrogens with two attached hydrogens (primary N) is 1. The van der Waals surface area contributed by atoms with E-state index < -0.39 is 5.97 Å². The molecule has 0 saturated heterocycles. The second-order valence-corrected chi connectivity index (χ2v) is 4.85. The molecule has 0 bridgehead atoms. The van der Waals surface area contributed by atoms with E-state index in [-0.39, 0.29) is 6.61 Å². The Morgan fingerprint density at radius 3 is 2.58 bits per heavy atom. The number of ether oxygens (including phenoxy) is 1. The smallest absolute Gasteiger partial charge is 0.338 e. The van der Waals surface area contributed by atoms with Crippen molar-refractivity contribution in [1.29, 1.82) is 0 Å². The molecule has 0 aliphatic carbocycles. The van der Waals surface area contributed by atoms with Crippen LogP contribution in [0.4, 0.5) is 5.69 Å². The summed E-state index contributed by atoms with van der Waals surface area (Å²) in [6, 6.07) is 11.7. The molecule has 3 nitrogen and oxygen atoms in total. The highest BCUT2D eigenvalue weighted by Gasteiger charge is 2.09. The fourth-order valence-corrected chi connectivity index (χ4v) is 2.05. The number of carbonyl (C=O) groups excluding carboxylic acids is 1. The highest BCUT2D eigenvalue weighted by Crippen LogP contribution is 2.18. The molecule has 5 heteroatoms. The van der Waals surface area contributed by atoms with Crippen LogP contribution in [0.1, 0.15) is 15.9 Å². The second-order valence-electron chi connectivity index (χ2n) is 3.98. The van der Waals surface area contributed by atoms with Crippen molar-refractivity contribution in [3.63, 3.8) is 0 Å². The minimum Gasteiger partial charge on any atom is -0.457 e. The number of rotatable bonds is 3. The molecule has 0 saturated carbocycles. The average Bonchev–Trinajstić information content (AvgIpc) is 2.35. The molecule has 2 rings (SSSR count). The molecule has 2 aromatic rings. The van der Waals surface area contributed by atoms with Gasteiger partial charge in [-0.25, -0.2) is 4.79 Å². The number of hydrogen-bond donors (Lipinski definition) is 1. The van der Waals surface area contributed by atoms with Crippen LogP contribution in [0.25, 0.3) is 0 Å². The Kier molecular flexibility index (Phi) is 4.30. The molecular weight excluding hydrogens is 285 g/mol. The van der Waals surface area contributed by atoms with Gasteiger partial charge in [0.15, 0.2) is 0 Å². The molecule has 98 valence electrons. The molecule has 2 N–H and O–H groups in total. The molecule has 0 atom stereocenters. The number of halogens is 2. The third-order valence-electron chi connectivity index (χ3n) is 2.41. The van der Waals surface area contributed by atoms with Crippen molar-refractivity contribution >= 4 is 34.9 Å². The van der Waals surface area contributed by atoms with Crippen LogP contribution in [0.5, 0.6) is 0 Å². The predicted molar refractivity (Wildman–Crippen MR) is 76.4 cm³/mol. The van der Waals surface area contributed by atoms with Crippen LogP contribution in [-0.2, 0) is 11.3 Å². The molecule has 0 heterocycles. The lowest BCUT2D eigenvalue weighted by molar-refractivity contribution is 0.0473. The number of anilines is 1. The van der Waals surface area contributed by atoms with E-state index in [9.17, 15) is 4.79 Å². The van der Waals surface area contributed by atoms with Gasteiger partial charge in [0.2, 0.25) is 0 Å². The van der Waals surface area contributed by atoms with Crippen LogP contribution in [0.3, 0.4) is 0 Å². The van der Waals surface area contributed by atoms with Gasteiger partial charge in [0.1, 0.15) is 6.61 Å². The van der Waals surface area contributed by atoms with Crippen LogP contribution in [0.2, 0.25) is 10.0 Å². The van der Waals surface area contributed by atoms with Crippen molar-refractivity contribution in [3.8, 4) is 0 Å². The Labute approximate surface area is 120 Å².